The van der Waals surface area contributed by atoms with E-state index in [2.05, 4.69) is 22.9 Å². The van der Waals surface area contributed by atoms with Crippen molar-refractivity contribution in [1.29, 1.82) is 0 Å². The van der Waals surface area contributed by atoms with Crippen LogP contribution in [-0.2, 0) is 4.74 Å². The van der Waals surface area contributed by atoms with Gasteiger partial charge in [0, 0.05) is 17.4 Å². The molecule has 1 aromatic carbocycles. The number of nitrogens with zero attached hydrogens (tertiary/aromatic N) is 1. The molecule has 1 amide bonds. The molecule has 0 N–H and O–H groups in total. The predicted octanol–water partition coefficient (Wildman–Crippen LogP) is 2.93. The van der Waals surface area contributed by atoms with Crippen LogP contribution in [0.1, 0.15) is 28.4 Å². The number of halogens is 1. The van der Waals surface area contributed by atoms with Crippen molar-refractivity contribution in [3.05, 3.63) is 34.9 Å². The fraction of sp³-hybridized carbons (Fsp3) is 0.533. The number of benzene rings is 1. The number of carbonyl (C=O) groups excluding carboxylic acids is 1. The lowest BCUT2D eigenvalue weighted by Gasteiger charge is -2.37. The van der Waals surface area contributed by atoms with Gasteiger partial charge in [-0.15, -0.1) is 0 Å². The van der Waals surface area contributed by atoms with E-state index in [1.807, 2.05) is 36.9 Å². The fourth-order valence-corrected chi connectivity index (χ4v) is 2.63. The highest BCUT2D eigenvalue weighted by Gasteiger charge is 2.29. The van der Waals surface area contributed by atoms with E-state index < -0.39 is 0 Å². The second kappa shape index (κ2) is 6.06. The topological polar surface area (TPSA) is 29.5 Å². The molecule has 2 unspecified atom stereocenters. The van der Waals surface area contributed by atoms with Crippen molar-refractivity contribution in [2.75, 3.05) is 18.5 Å². The summed E-state index contributed by atoms with van der Waals surface area (Å²) in [6.07, 6.45) is 0.0895. The van der Waals surface area contributed by atoms with Gasteiger partial charge in [0.2, 0.25) is 0 Å². The maximum Gasteiger partial charge on any atom is 0.254 e. The van der Waals surface area contributed by atoms with Crippen LogP contribution < -0.4 is 0 Å². The summed E-state index contributed by atoms with van der Waals surface area (Å²) in [6.45, 7) is 7.38. The quantitative estimate of drug-likeness (QED) is 0.782. The summed E-state index contributed by atoms with van der Waals surface area (Å²) >= 11 is 3.42. The standard InChI is InChI=1S/C15H20BrNO2/c1-10-4-5-13(6-11(10)2)15(18)17-8-14(7-16)19-9-12(17)3/h4-6,12,14H,7-9H2,1-3H3. The van der Waals surface area contributed by atoms with Crippen molar-refractivity contribution >= 4 is 21.8 Å². The molecular formula is C15H20BrNO2. The molecule has 104 valence electrons. The van der Waals surface area contributed by atoms with Crippen LogP contribution in [0.5, 0.6) is 0 Å². The van der Waals surface area contributed by atoms with Gasteiger partial charge in [0.1, 0.15) is 0 Å². The number of alkyl halides is 1. The van der Waals surface area contributed by atoms with Crippen molar-refractivity contribution in [2.45, 2.75) is 32.9 Å². The summed E-state index contributed by atoms with van der Waals surface area (Å²) in [5.41, 5.74) is 3.14. The SMILES string of the molecule is Cc1ccc(C(=O)N2CC(CBr)OCC2C)cc1C. The Morgan fingerprint density at radius 1 is 1.42 bits per heavy atom. The van der Waals surface area contributed by atoms with E-state index in [1.54, 1.807) is 0 Å². The smallest absolute Gasteiger partial charge is 0.254 e. The lowest BCUT2D eigenvalue weighted by atomic mass is 10.0. The molecule has 4 heteroatoms. The molecule has 0 radical (unpaired) electrons. The average molecular weight is 326 g/mol. The minimum Gasteiger partial charge on any atom is -0.373 e. The number of ether oxygens (including phenoxy) is 1. The van der Waals surface area contributed by atoms with E-state index in [1.165, 1.54) is 5.56 Å². The van der Waals surface area contributed by atoms with Crippen molar-refractivity contribution in [2.24, 2.45) is 0 Å². The molecule has 2 rings (SSSR count). The number of carbonyl (C=O) groups is 1. The molecule has 0 spiro atoms. The summed E-state index contributed by atoms with van der Waals surface area (Å²) in [7, 11) is 0. The molecular weight excluding hydrogens is 306 g/mol. The molecule has 0 aliphatic carbocycles. The zero-order valence-electron chi connectivity index (χ0n) is 11.6. The molecule has 2 atom stereocenters. The first-order valence-corrected chi connectivity index (χ1v) is 7.71. The van der Waals surface area contributed by atoms with Gasteiger partial charge < -0.3 is 9.64 Å². The van der Waals surface area contributed by atoms with E-state index in [0.717, 1.165) is 16.5 Å². The first-order valence-electron chi connectivity index (χ1n) is 6.58. The van der Waals surface area contributed by atoms with Crippen molar-refractivity contribution in [3.63, 3.8) is 0 Å². The summed E-state index contributed by atoms with van der Waals surface area (Å²) in [6, 6.07) is 6.03. The van der Waals surface area contributed by atoms with Crippen LogP contribution in [0.4, 0.5) is 0 Å². The van der Waals surface area contributed by atoms with Crippen LogP contribution in [0.15, 0.2) is 18.2 Å². The molecule has 1 aliphatic rings. The fourth-order valence-electron chi connectivity index (χ4n) is 2.23. The molecule has 1 fully saturated rings. The molecule has 0 saturated carbocycles. The second-order valence-corrected chi connectivity index (χ2v) is 5.86. The van der Waals surface area contributed by atoms with Gasteiger partial charge in [-0.1, -0.05) is 22.0 Å². The van der Waals surface area contributed by atoms with Crippen LogP contribution >= 0.6 is 15.9 Å². The number of rotatable bonds is 2. The Hall–Kier alpha value is -0.870. The number of hydrogen-bond acceptors (Lipinski definition) is 2. The highest BCUT2D eigenvalue weighted by Crippen LogP contribution is 2.18. The summed E-state index contributed by atoms with van der Waals surface area (Å²) in [4.78, 5) is 14.5. The van der Waals surface area contributed by atoms with Crippen LogP contribution in [0, 0.1) is 13.8 Å². The van der Waals surface area contributed by atoms with Gasteiger partial charge in [-0.05, 0) is 44.0 Å². The van der Waals surface area contributed by atoms with E-state index >= 15 is 0 Å². The first-order chi connectivity index (χ1) is 9.02. The monoisotopic (exact) mass is 325 g/mol. The van der Waals surface area contributed by atoms with Crippen molar-refractivity contribution in [3.8, 4) is 0 Å². The number of morpholine rings is 1. The Kier molecular flexibility index (Phi) is 4.63. The Morgan fingerprint density at radius 2 is 2.16 bits per heavy atom. The Balaban J connectivity index is 2.19. The lowest BCUT2D eigenvalue weighted by molar-refractivity contribution is -0.0361. The molecule has 0 bridgehead atoms. The average Bonchev–Trinajstić information content (AvgIpc) is 2.41. The third-order valence-corrected chi connectivity index (χ3v) is 4.41. The van der Waals surface area contributed by atoms with Crippen LogP contribution in [-0.4, -0.2) is 41.4 Å². The normalized spacial score (nSPS) is 23.5. The molecule has 3 nitrogen and oxygen atoms in total. The number of hydrogen-bond donors (Lipinski definition) is 0. The summed E-state index contributed by atoms with van der Waals surface area (Å²) in [5.74, 6) is 0.102. The third kappa shape index (κ3) is 3.18. The highest BCUT2D eigenvalue weighted by molar-refractivity contribution is 9.09. The van der Waals surface area contributed by atoms with Gasteiger partial charge in [0.25, 0.3) is 5.91 Å². The van der Waals surface area contributed by atoms with Crippen molar-refractivity contribution in [1.82, 2.24) is 4.90 Å². The van der Waals surface area contributed by atoms with Crippen molar-refractivity contribution < 1.29 is 9.53 Å². The van der Waals surface area contributed by atoms with Gasteiger partial charge in [-0.2, -0.15) is 0 Å². The largest absolute Gasteiger partial charge is 0.373 e. The molecule has 19 heavy (non-hydrogen) atoms. The predicted molar refractivity (Wildman–Crippen MR) is 79.9 cm³/mol. The zero-order valence-corrected chi connectivity index (χ0v) is 13.2. The molecule has 0 aromatic heterocycles. The summed E-state index contributed by atoms with van der Waals surface area (Å²) < 4.78 is 5.66. The Bertz CT molecular complexity index is 475. The molecule has 1 aliphatic heterocycles. The van der Waals surface area contributed by atoms with Gasteiger partial charge in [-0.25, -0.2) is 0 Å². The maximum atomic E-state index is 12.6. The Labute approximate surface area is 123 Å². The molecule has 1 aromatic rings. The van der Waals surface area contributed by atoms with E-state index in [4.69, 9.17) is 4.74 Å². The van der Waals surface area contributed by atoms with Gasteiger partial charge >= 0.3 is 0 Å². The lowest BCUT2D eigenvalue weighted by Crippen LogP contribution is -2.51. The number of aryl methyl sites for hydroxylation is 2. The van der Waals surface area contributed by atoms with Gasteiger partial charge in [0.15, 0.2) is 0 Å². The third-order valence-electron chi connectivity index (χ3n) is 3.69. The Morgan fingerprint density at radius 3 is 2.79 bits per heavy atom. The van der Waals surface area contributed by atoms with Crippen LogP contribution in [0.2, 0.25) is 0 Å². The minimum atomic E-state index is 0.0895. The van der Waals surface area contributed by atoms with Crippen LogP contribution in [0.25, 0.3) is 0 Å². The number of amides is 1. The van der Waals surface area contributed by atoms with Gasteiger partial charge in [-0.3, -0.25) is 4.79 Å². The highest BCUT2D eigenvalue weighted by atomic mass is 79.9. The minimum absolute atomic E-state index is 0.0895. The summed E-state index contributed by atoms with van der Waals surface area (Å²) in [5, 5.41) is 0.760. The maximum absolute atomic E-state index is 12.6. The van der Waals surface area contributed by atoms with Gasteiger partial charge in [0.05, 0.1) is 18.8 Å². The first kappa shape index (κ1) is 14.5. The van der Waals surface area contributed by atoms with E-state index in [-0.39, 0.29) is 18.1 Å². The molecule has 1 saturated heterocycles. The molecule has 1 heterocycles. The van der Waals surface area contributed by atoms with E-state index in [9.17, 15) is 4.79 Å². The second-order valence-electron chi connectivity index (χ2n) is 5.22. The van der Waals surface area contributed by atoms with Crippen LogP contribution in [0.3, 0.4) is 0 Å². The van der Waals surface area contributed by atoms with E-state index in [0.29, 0.717) is 13.2 Å². The zero-order chi connectivity index (χ0) is 14.0.